The van der Waals surface area contributed by atoms with E-state index in [-0.39, 0.29) is 24.4 Å². The quantitative estimate of drug-likeness (QED) is 0.217. The predicted molar refractivity (Wildman–Crippen MR) is 163 cm³/mol. The summed E-state index contributed by atoms with van der Waals surface area (Å²) in [5.41, 5.74) is 3.93. The van der Waals surface area contributed by atoms with Crippen LogP contribution in [0.2, 0.25) is 5.02 Å². The molecule has 216 valence electrons. The molecule has 1 aromatic heterocycles. The normalized spacial score (nSPS) is 11.2. The zero-order valence-corrected chi connectivity index (χ0v) is 25.2. The van der Waals surface area contributed by atoms with Gasteiger partial charge in [0.1, 0.15) is 6.54 Å². The Hall–Kier alpha value is -3.29. The molecule has 2 aromatic carbocycles. The molecule has 0 radical (unpaired) electrons. The van der Waals surface area contributed by atoms with E-state index in [1.165, 1.54) is 5.56 Å². The topological polar surface area (TPSA) is 66.8 Å². The number of hydrogen-bond acceptors (Lipinski definition) is 3. The van der Waals surface area contributed by atoms with Gasteiger partial charge >= 0.3 is 6.03 Å². The van der Waals surface area contributed by atoms with Gasteiger partial charge in [0.2, 0.25) is 5.91 Å². The van der Waals surface area contributed by atoms with Gasteiger partial charge in [0.15, 0.2) is 0 Å². The summed E-state index contributed by atoms with van der Waals surface area (Å²) in [7, 11) is 1.63. The van der Waals surface area contributed by atoms with Crippen molar-refractivity contribution in [3.63, 3.8) is 0 Å². The summed E-state index contributed by atoms with van der Waals surface area (Å²) in [6.45, 7) is 11.0. The average Bonchev–Trinajstić information content (AvgIpc) is 3.35. The molecule has 0 unspecified atom stereocenters. The Morgan fingerprint density at radius 3 is 2.35 bits per heavy atom. The number of methoxy groups -OCH3 is 1. The number of ether oxygens (including phenoxy) is 1. The lowest BCUT2D eigenvalue weighted by Gasteiger charge is -2.29. The fourth-order valence-electron chi connectivity index (χ4n) is 4.52. The van der Waals surface area contributed by atoms with Crippen molar-refractivity contribution < 1.29 is 14.3 Å². The Bertz CT molecular complexity index is 1220. The maximum Gasteiger partial charge on any atom is 0.322 e. The molecule has 0 saturated carbocycles. The van der Waals surface area contributed by atoms with Crippen LogP contribution < -0.4 is 5.32 Å². The number of urea groups is 1. The lowest BCUT2D eigenvalue weighted by atomic mass is 10.0. The lowest BCUT2D eigenvalue weighted by molar-refractivity contribution is -0.133. The van der Waals surface area contributed by atoms with Crippen LogP contribution in [-0.2, 0) is 22.6 Å². The van der Waals surface area contributed by atoms with Gasteiger partial charge < -0.3 is 24.4 Å². The van der Waals surface area contributed by atoms with E-state index in [2.05, 4.69) is 37.6 Å². The third-order valence-electron chi connectivity index (χ3n) is 6.73. The average molecular weight is 567 g/mol. The van der Waals surface area contributed by atoms with E-state index < -0.39 is 0 Å². The third kappa shape index (κ3) is 9.42. The molecule has 8 heteroatoms. The lowest BCUT2D eigenvalue weighted by Crippen LogP contribution is -2.46. The fourth-order valence-corrected chi connectivity index (χ4v) is 4.71. The maximum atomic E-state index is 13.7. The van der Waals surface area contributed by atoms with Crippen LogP contribution in [0.15, 0.2) is 66.9 Å². The molecule has 0 aliphatic rings. The standard InChI is InChI=1S/C32H43ClN4O3/c1-24(2)20-37(22-29-11-8-17-35(29)21-27-10-6-7-12-30(27)33)31(38)23-36(18-9-19-40-5)32(39)34-28-15-13-26(14-16-28)25(3)4/h6-8,10-17,24-25H,9,18-23H2,1-5H3,(H,34,39). The molecular weight excluding hydrogens is 524 g/mol. The molecule has 0 spiro atoms. The molecule has 3 rings (SSSR count). The second-order valence-corrected chi connectivity index (χ2v) is 11.3. The first-order valence-electron chi connectivity index (χ1n) is 14.0. The van der Waals surface area contributed by atoms with Gasteiger partial charge in [-0.15, -0.1) is 0 Å². The van der Waals surface area contributed by atoms with E-state index in [1.54, 1.807) is 12.0 Å². The van der Waals surface area contributed by atoms with Gasteiger partial charge in [-0.1, -0.05) is 69.6 Å². The van der Waals surface area contributed by atoms with Crippen LogP contribution in [0.3, 0.4) is 0 Å². The monoisotopic (exact) mass is 566 g/mol. The molecule has 0 atom stereocenters. The van der Waals surface area contributed by atoms with E-state index in [0.29, 0.717) is 55.8 Å². The first-order chi connectivity index (χ1) is 19.2. The van der Waals surface area contributed by atoms with E-state index in [1.807, 2.05) is 71.8 Å². The minimum Gasteiger partial charge on any atom is -0.385 e. The maximum absolute atomic E-state index is 13.7. The number of hydrogen-bond donors (Lipinski definition) is 1. The van der Waals surface area contributed by atoms with E-state index in [0.717, 1.165) is 11.3 Å². The van der Waals surface area contributed by atoms with Crippen molar-refractivity contribution in [1.82, 2.24) is 14.4 Å². The van der Waals surface area contributed by atoms with Gasteiger partial charge in [0.25, 0.3) is 0 Å². The number of nitrogens with zero attached hydrogens (tertiary/aromatic N) is 3. The molecule has 0 saturated heterocycles. The highest BCUT2D eigenvalue weighted by Gasteiger charge is 2.23. The number of amides is 3. The fraction of sp³-hybridized carbons (Fsp3) is 0.438. The number of aromatic nitrogens is 1. The van der Waals surface area contributed by atoms with Gasteiger partial charge in [-0.25, -0.2) is 4.79 Å². The van der Waals surface area contributed by atoms with Gasteiger partial charge in [-0.05, 0) is 59.7 Å². The number of carbonyl (C=O) groups excluding carboxylic acids is 2. The molecule has 0 fully saturated rings. The Morgan fingerprint density at radius 1 is 0.975 bits per heavy atom. The summed E-state index contributed by atoms with van der Waals surface area (Å²) in [4.78, 5) is 30.4. The molecule has 0 aliphatic heterocycles. The van der Waals surface area contributed by atoms with Crippen LogP contribution in [-0.4, -0.2) is 59.7 Å². The molecule has 0 bridgehead atoms. The minimum absolute atomic E-state index is 0.0163. The minimum atomic E-state index is -0.298. The summed E-state index contributed by atoms with van der Waals surface area (Å²) in [5, 5.41) is 3.68. The molecule has 7 nitrogen and oxygen atoms in total. The summed E-state index contributed by atoms with van der Waals surface area (Å²) in [6, 6.07) is 19.3. The first kappa shape index (κ1) is 31.2. The van der Waals surface area contributed by atoms with Crippen molar-refractivity contribution in [3.05, 3.63) is 88.7 Å². The van der Waals surface area contributed by atoms with Gasteiger partial charge in [0.05, 0.1) is 6.54 Å². The molecule has 3 aromatic rings. The number of anilines is 1. The molecule has 1 N–H and O–H groups in total. The third-order valence-corrected chi connectivity index (χ3v) is 7.10. The largest absolute Gasteiger partial charge is 0.385 e. The van der Waals surface area contributed by atoms with E-state index in [9.17, 15) is 9.59 Å². The summed E-state index contributed by atoms with van der Waals surface area (Å²) in [6.07, 6.45) is 2.64. The predicted octanol–water partition coefficient (Wildman–Crippen LogP) is 6.87. The number of rotatable bonds is 14. The number of nitrogens with one attached hydrogen (secondary N) is 1. The Morgan fingerprint density at radius 2 is 1.70 bits per heavy atom. The van der Waals surface area contributed by atoms with E-state index >= 15 is 0 Å². The first-order valence-corrected chi connectivity index (χ1v) is 14.4. The van der Waals surface area contributed by atoms with Crippen LogP contribution >= 0.6 is 11.6 Å². The molecule has 40 heavy (non-hydrogen) atoms. The smallest absolute Gasteiger partial charge is 0.322 e. The van der Waals surface area contributed by atoms with Crippen LogP contribution in [0.5, 0.6) is 0 Å². The van der Waals surface area contributed by atoms with Crippen LogP contribution in [0, 0.1) is 5.92 Å². The SMILES string of the molecule is COCCCN(CC(=O)N(Cc1cccn1Cc1ccccc1Cl)CC(C)C)C(=O)Nc1ccc(C(C)C)cc1. The summed E-state index contributed by atoms with van der Waals surface area (Å²) >= 11 is 6.41. The van der Waals surface area contributed by atoms with Gasteiger partial charge in [0, 0.05) is 56.0 Å². The van der Waals surface area contributed by atoms with Gasteiger partial charge in [-0.2, -0.15) is 0 Å². The van der Waals surface area contributed by atoms with Crippen LogP contribution in [0.4, 0.5) is 10.5 Å². The highest BCUT2D eigenvalue weighted by atomic mass is 35.5. The van der Waals surface area contributed by atoms with Crippen molar-refractivity contribution in [2.24, 2.45) is 5.92 Å². The van der Waals surface area contributed by atoms with Crippen LogP contribution in [0.1, 0.15) is 56.9 Å². The number of benzene rings is 2. The van der Waals surface area contributed by atoms with Crippen molar-refractivity contribution in [1.29, 1.82) is 0 Å². The second kappa shape index (κ2) is 15.5. The molecule has 1 heterocycles. The highest BCUT2D eigenvalue weighted by molar-refractivity contribution is 6.31. The highest BCUT2D eigenvalue weighted by Crippen LogP contribution is 2.20. The summed E-state index contributed by atoms with van der Waals surface area (Å²) < 4.78 is 7.32. The Kier molecular flexibility index (Phi) is 12.1. The van der Waals surface area contributed by atoms with Crippen molar-refractivity contribution in [2.45, 2.75) is 53.1 Å². The molecule has 0 aliphatic carbocycles. The molecular formula is C32H43ClN4O3. The zero-order valence-electron chi connectivity index (χ0n) is 24.4. The van der Waals surface area contributed by atoms with Gasteiger partial charge in [-0.3, -0.25) is 4.79 Å². The Balaban J connectivity index is 1.74. The zero-order chi connectivity index (χ0) is 29.1. The number of halogens is 1. The van der Waals surface area contributed by atoms with Crippen molar-refractivity contribution in [2.75, 3.05) is 38.7 Å². The van der Waals surface area contributed by atoms with E-state index in [4.69, 9.17) is 16.3 Å². The van der Waals surface area contributed by atoms with Crippen molar-refractivity contribution in [3.8, 4) is 0 Å². The van der Waals surface area contributed by atoms with Crippen molar-refractivity contribution >= 4 is 29.2 Å². The number of carbonyl (C=O) groups is 2. The molecule has 3 amide bonds. The van der Waals surface area contributed by atoms with Crippen LogP contribution in [0.25, 0.3) is 0 Å². The Labute approximate surface area is 244 Å². The summed E-state index contributed by atoms with van der Waals surface area (Å²) in [5.74, 6) is 0.582. The second-order valence-electron chi connectivity index (χ2n) is 10.9.